The first-order valence-corrected chi connectivity index (χ1v) is 7.13. The summed E-state index contributed by atoms with van der Waals surface area (Å²) in [7, 11) is 0. The van der Waals surface area contributed by atoms with E-state index < -0.39 is 17.9 Å². The molecule has 2 heterocycles. The fraction of sp³-hybridized carbons (Fsp3) is 0.667. The number of halogens is 4. The fourth-order valence-corrected chi connectivity index (χ4v) is 2.85. The van der Waals surface area contributed by atoms with Crippen molar-refractivity contribution < 1.29 is 18.0 Å². The van der Waals surface area contributed by atoms with Gasteiger partial charge in [-0.1, -0.05) is 0 Å². The van der Waals surface area contributed by atoms with Crippen LogP contribution in [0.2, 0.25) is 0 Å². The molecule has 4 nitrogen and oxygen atoms in total. The first kappa shape index (κ1) is 15.3. The molecule has 0 bridgehead atoms. The summed E-state index contributed by atoms with van der Waals surface area (Å²) in [4.78, 5) is 13.9. The van der Waals surface area contributed by atoms with Crippen molar-refractivity contribution in [2.75, 3.05) is 13.1 Å². The Kier molecular flexibility index (Phi) is 4.13. The number of hydrogen-bond donors (Lipinski definition) is 0. The lowest BCUT2D eigenvalue weighted by Crippen LogP contribution is -2.34. The Bertz CT molecular complexity index is 521. The van der Waals surface area contributed by atoms with E-state index in [2.05, 4.69) is 21.0 Å². The molecular formula is C12H15BrF3N3O. The second kappa shape index (κ2) is 5.38. The molecule has 0 aliphatic carbocycles. The number of amides is 1. The molecule has 0 unspecified atom stereocenters. The SMILES string of the molecule is Cc1c(Br)c(C(F)(F)F)nn1[C@H](C)C(=O)N1CCCC1. The van der Waals surface area contributed by atoms with Crippen LogP contribution in [0.25, 0.3) is 0 Å². The van der Waals surface area contributed by atoms with E-state index in [1.807, 2.05) is 0 Å². The molecular weight excluding hydrogens is 339 g/mol. The van der Waals surface area contributed by atoms with Crippen molar-refractivity contribution in [1.82, 2.24) is 14.7 Å². The maximum atomic E-state index is 12.8. The van der Waals surface area contributed by atoms with Crippen molar-refractivity contribution in [3.05, 3.63) is 15.9 Å². The zero-order valence-electron chi connectivity index (χ0n) is 11.2. The van der Waals surface area contributed by atoms with E-state index in [-0.39, 0.29) is 10.4 Å². The molecule has 0 spiro atoms. The van der Waals surface area contributed by atoms with Crippen molar-refractivity contribution in [2.45, 2.75) is 38.9 Å². The molecule has 1 amide bonds. The van der Waals surface area contributed by atoms with Crippen LogP contribution in [0.15, 0.2) is 4.47 Å². The van der Waals surface area contributed by atoms with Gasteiger partial charge in [0.15, 0.2) is 5.69 Å². The van der Waals surface area contributed by atoms with Gasteiger partial charge in [0.1, 0.15) is 6.04 Å². The van der Waals surface area contributed by atoms with Crippen LogP contribution in [0, 0.1) is 6.92 Å². The average molecular weight is 354 g/mol. The van der Waals surface area contributed by atoms with Gasteiger partial charge >= 0.3 is 6.18 Å². The highest BCUT2D eigenvalue weighted by molar-refractivity contribution is 9.10. The molecule has 8 heteroatoms. The summed E-state index contributed by atoms with van der Waals surface area (Å²) in [5.41, 5.74) is -0.687. The van der Waals surface area contributed by atoms with Crippen LogP contribution in [0.5, 0.6) is 0 Å². The molecule has 1 saturated heterocycles. The zero-order valence-corrected chi connectivity index (χ0v) is 12.8. The number of alkyl halides is 3. The Labute approximate surface area is 123 Å². The summed E-state index contributed by atoms with van der Waals surface area (Å²) in [5, 5.41) is 3.57. The summed E-state index contributed by atoms with van der Waals surface area (Å²) in [6.07, 6.45) is -2.66. The van der Waals surface area contributed by atoms with E-state index in [9.17, 15) is 18.0 Å². The Hall–Kier alpha value is -1.05. The number of likely N-dealkylation sites (tertiary alicyclic amines) is 1. The molecule has 1 aromatic heterocycles. The highest BCUT2D eigenvalue weighted by Crippen LogP contribution is 2.36. The molecule has 1 aliphatic heterocycles. The highest BCUT2D eigenvalue weighted by Gasteiger charge is 2.39. The normalized spacial score (nSPS) is 17.6. The molecule has 1 aromatic rings. The number of carbonyl (C=O) groups is 1. The van der Waals surface area contributed by atoms with E-state index in [1.165, 1.54) is 6.92 Å². The first-order chi connectivity index (χ1) is 9.23. The van der Waals surface area contributed by atoms with Crippen LogP contribution in [-0.2, 0) is 11.0 Å². The minimum absolute atomic E-state index is 0.105. The topological polar surface area (TPSA) is 38.1 Å². The van der Waals surface area contributed by atoms with E-state index in [1.54, 1.807) is 11.8 Å². The Morgan fingerprint density at radius 3 is 2.35 bits per heavy atom. The van der Waals surface area contributed by atoms with E-state index in [0.29, 0.717) is 18.8 Å². The van der Waals surface area contributed by atoms with Crippen LogP contribution in [0.3, 0.4) is 0 Å². The summed E-state index contributed by atoms with van der Waals surface area (Å²) in [6.45, 7) is 4.42. The van der Waals surface area contributed by atoms with Crippen molar-refractivity contribution >= 4 is 21.8 Å². The van der Waals surface area contributed by atoms with Gasteiger partial charge in [0.25, 0.3) is 0 Å². The van der Waals surface area contributed by atoms with Crippen LogP contribution < -0.4 is 0 Å². The third kappa shape index (κ3) is 2.70. The highest BCUT2D eigenvalue weighted by atomic mass is 79.9. The lowest BCUT2D eigenvalue weighted by atomic mass is 10.3. The number of hydrogen-bond acceptors (Lipinski definition) is 2. The Morgan fingerprint density at radius 1 is 1.35 bits per heavy atom. The third-order valence-corrected chi connectivity index (χ3v) is 4.44. The van der Waals surface area contributed by atoms with Gasteiger partial charge in [0.05, 0.1) is 10.2 Å². The van der Waals surface area contributed by atoms with Crippen LogP contribution in [0.1, 0.15) is 37.2 Å². The number of carbonyl (C=O) groups excluding carboxylic acids is 1. The van der Waals surface area contributed by atoms with E-state index in [4.69, 9.17) is 0 Å². The molecule has 2 rings (SSSR count). The zero-order chi connectivity index (χ0) is 15.1. The van der Waals surface area contributed by atoms with E-state index >= 15 is 0 Å². The van der Waals surface area contributed by atoms with E-state index in [0.717, 1.165) is 17.5 Å². The molecule has 0 N–H and O–H groups in total. The van der Waals surface area contributed by atoms with Gasteiger partial charge < -0.3 is 4.90 Å². The van der Waals surface area contributed by atoms with Crippen LogP contribution >= 0.6 is 15.9 Å². The van der Waals surface area contributed by atoms with Gasteiger partial charge in [0.2, 0.25) is 5.91 Å². The van der Waals surface area contributed by atoms with Crippen molar-refractivity contribution in [3.63, 3.8) is 0 Å². The second-order valence-electron chi connectivity index (χ2n) is 4.90. The predicted molar refractivity (Wildman–Crippen MR) is 70.2 cm³/mol. The summed E-state index contributed by atoms with van der Waals surface area (Å²) in [5.74, 6) is -0.186. The van der Waals surface area contributed by atoms with Crippen molar-refractivity contribution in [1.29, 1.82) is 0 Å². The maximum absolute atomic E-state index is 12.8. The molecule has 0 aromatic carbocycles. The molecule has 20 heavy (non-hydrogen) atoms. The minimum atomic E-state index is -4.54. The quantitative estimate of drug-likeness (QED) is 0.818. The summed E-state index contributed by atoms with van der Waals surface area (Å²) in [6, 6.07) is -0.736. The fourth-order valence-electron chi connectivity index (χ4n) is 2.36. The van der Waals surface area contributed by atoms with Crippen LogP contribution in [0.4, 0.5) is 13.2 Å². The van der Waals surface area contributed by atoms with Gasteiger partial charge in [-0.25, -0.2) is 0 Å². The largest absolute Gasteiger partial charge is 0.436 e. The third-order valence-electron chi connectivity index (χ3n) is 3.49. The van der Waals surface area contributed by atoms with Gasteiger partial charge in [-0.3, -0.25) is 9.48 Å². The average Bonchev–Trinajstić information content (AvgIpc) is 2.97. The maximum Gasteiger partial charge on any atom is 0.436 e. The molecule has 1 aliphatic rings. The smallest absolute Gasteiger partial charge is 0.341 e. The van der Waals surface area contributed by atoms with Crippen molar-refractivity contribution in [3.8, 4) is 0 Å². The Balaban J connectivity index is 2.30. The van der Waals surface area contributed by atoms with Crippen LogP contribution in [-0.4, -0.2) is 33.7 Å². The second-order valence-corrected chi connectivity index (χ2v) is 5.69. The van der Waals surface area contributed by atoms with Crippen molar-refractivity contribution in [2.24, 2.45) is 0 Å². The number of nitrogens with zero attached hydrogens (tertiary/aromatic N) is 3. The lowest BCUT2D eigenvalue weighted by Gasteiger charge is -2.21. The standard InChI is InChI=1S/C12H15BrF3N3O/c1-7-9(13)10(12(14,15)16)17-19(7)8(2)11(20)18-5-3-4-6-18/h8H,3-6H2,1-2H3/t8-/m1/s1. The molecule has 0 radical (unpaired) electrons. The summed E-state index contributed by atoms with van der Waals surface area (Å²) < 4.78 is 39.5. The molecule has 1 fully saturated rings. The number of aromatic nitrogens is 2. The van der Waals surface area contributed by atoms with Gasteiger partial charge in [-0.2, -0.15) is 18.3 Å². The Morgan fingerprint density at radius 2 is 1.90 bits per heavy atom. The molecule has 1 atom stereocenters. The molecule has 0 saturated carbocycles. The van der Waals surface area contributed by atoms with Gasteiger partial charge in [-0.15, -0.1) is 0 Å². The lowest BCUT2D eigenvalue weighted by molar-refractivity contribution is -0.143. The van der Waals surface area contributed by atoms with Gasteiger partial charge in [0, 0.05) is 13.1 Å². The molecule has 112 valence electrons. The monoisotopic (exact) mass is 353 g/mol. The first-order valence-electron chi connectivity index (χ1n) is 6.34. The summed E-state index contributed by atoms with van der Waals surface area (Å²) >= 11 is 2.91. The van der Waals surface area contributed by atoms with Gasteiger partial charge in [-0.05, 0) is 42.6 Å². The minimum Gasteiger partial charge on any atom is -0.341 e. The predicted octanol–water partition coefficient (Wildman–Crippen LogP) is 3.16. The number of rotatable bonds is 2.